The summed E-state index contributed by atoms with van der Waals surface area (Å²) >= 11 is 1.45. The third-order valence-electron chi connectivity index (χ3n) is 4.58. The van der Waals surface area contributed by atoms with Crippen LogP contribution in [0.4, 0.5) is 0 Å². The standard InChI is InChI=1S/C20H24N2O3S/c1-25-14-16-6-2-5-15(11-16)12-21-19(23)17-7-3-9-22(13-17)20(24)18-8-4-10-26-18/h2,4-6,8,10-11,17H,3,7,9,12-14H2,1H3,(H,21,23). The van der Waals surface area contributed by atoms with Crippen molar-refractivity contribution in [1.82, 2.24) is 10.2 Å². The van der Waals surface area contributed by atoms with Gasteiger partial charge in [-0.15, -0.1) is 11.3 Å². The number of carbonyl (C=O) groups excluding carboxylic acids is 2. The molecule has 1 aromatic heterocycles. The Labute approximate surface area is 158 Å². The van der Waals surface area contributed by atoms with Gasteiger partial charge in [0.15, 0.2) is 0 Å². The summed E-state index contributed by atoms with van der Waals surface area (Å²) in [5.41, 5.74) is 2.14. The van der Waals surface area contributed by atoms with Crippen LogP contribution in [0.5, 0.6) is 0 Å². The zero-order valence-electron chi connectivity index (χ0n) is 14.9. The highest BCUT2D eigenvalue weighted by atomic mass is 32.1. The average Bonchev–Trinajstić information content (AvgIpc) is 3.21. The first-order valence-electron chi connectivity index (χ1n) is 8.84. The largest absolute Gasteiger partial charge is 0.380 e. The summed E-state index contributed by atoms with van der Waals surface area (Å²) in [7, 11) is 1.67. The van der Waals surface area contributed by atoms with Crippen molar-refractivity contribution in [2.24, 2.45) is 5.92 Å². The van der Waals surface area contributed by atoms with Gasteiger partial charge >= 0.3 is 0 Å². The number of nitrogens with one attached hydrogen (secondary N) is 1. The van der Waals surface area contributed by atoms with Crippen molar-refractivity contribution in [2.75, 3.05) is 20.2 Å². The molecule has 1 fully saturated rings. The molecule has 1 aromatic carbocycles. The Morgan fingerprint density at radius 3 is 2.88 bits per heavy atom. The number of hydrogen-bond donors (Lipinski definition) is 1. The number of rotatable bonds is 6. The molecule has 1 saturated heterocycles. The van der Waals surface area contributed by atoms with Gasteiger partial charge in [0.05, 0.1) is 17.4 Å². The first kappa shape index (κ1) is 18.6. The van der Waals surface area contributed by atoms with Crippen LogP contribution >= 0.6 is 11.3 Å². The molecule has 0 saturated carbocycles. The second kappa shape index (κ2) is 8.96. The van der Waals surface area contributed by atoms with Gasteiger partial charge in [0.2, 0.25) is 5.91 Å². The van der Waals surface area contributed by atoms with Gasteiger partial charge in [-0.25, -0.2) is 0 Å². The number of ether oxygens (including phenoxy) is 1. The van der Waals surface area contributed by atoms with E-state index in [1.165, 1.54) is 11.3 Å². The van der Waals surface area contributed by atoms with Crippen LogP contribution in [0, 0.1) is 5.92 Å². The average molecular weight is 372 g/mol. The quantitative estimate of drug-likeness (QED) is 0.848. The lowest BCUT2D eigenvalue weighted by Crippen LogP contribution is -2.45. The Morgan fingerprint density at radius 1 is 1.27 bits per heavy atom. The fraction of sp³-hybridized carbons (Fsp3) is 0.400. The molecule has 2 heterocycles. The van der Waals surface area contributed by atoms with E-state index in [9.17, 15) is 9.59 Å². The van der Waals surface area contributed by atoms with E-state index in [0.717, 1.165) is 35.4 Å². The molecule has 0 bridgehead atoms. The van der Waals surface area contributed by atoms with E-state index in [4.69, 9.17) is 4.74 Å². The Hall–Kier alpha value is -2.18. The molecule has 138 valence electrons. The lowest BCUT2D eigenvalue weighted by atomic mass is 9.97. The summed E-state index contributed by atoms with van der Waals surface area (Å²) in [5, 5.41) is 4.92. The molecule has 0 spiro atoms. The summed E-state index contributed by atoms with van der Waals surface area (Å²) in [5.74, 6) is -0.0922. The minimum atomic E-state index is -0.144. The molecular formula is C20H24N2O3S. The highest BCUT2D eigenvalue weighted by Crippen LogP contribution is 2.21. The molecule has 0 radical (unpaired) electrons. The number of amides is 2. The van der Waals surface area contributed by atoms with Crippen molar-refractivity contribution in [3.8, 4) is 0 Å². The predicted molar refractivity (Wildman–Crippen MR) is 102 cm³/mol. The van der Waals surface area contributed by atoms with Crippen molar-refractivity contribution in [3.63, 3.8) is 0 Å². The van der Waals surface area contributed by atoms with Gasteiger partial charge < -0.3 is 15.0 Å². The molecule has 1 N–H and O–H groups in total. The van der Waals surface area contributed by atoms with Crippen LogP contribution in [0.25, 0.3) is 0 Å². The highest BCUT2D eigenvalue weighted by Gasteiger charge is 2.29. The number of hydrogen-bond acceptors (Lipinski definition) is 4. The minimum absolute atomic E-state index is 0.0193. The fourth-order valence-electron chi connectivity index (χ4n) is 3.26. The minimum Gasteiger partial charge on any atom is -0.380 e. The summed E-state index contributed by atoms with van der Waals surface area (Å²) in [6, 6.07) is 11.7. The molecule has 3 rings (SSSR count). The van der Waals surface area contributed by atoms with Crippen LogP contribution in [0.3, 0.4) is 0 Å². The van der Waals surface area contributed by atoms with Crippen molar-refractivity contribution < 1.29 is 14.3 Å². The molecule has 26 heavy (non-hydrogen) atoms. The summed E-state index contributed by atoms with van der Waals surface area (Å²) < 4.78 is 5.14. The Morgan fingerprint density at radius 2 is 2.12 bits per heavy atom. The van der Waals surface area contributed by atoms with Gasteiger partial charge in [-0.1, -0.05) is 30.3 Å². The Bertz CT molecular complexity index is 745. The molecule has 6 heteroatoms. The number of nitrogens with zero attached hydrogens (tertiary/aromatic N) is 1. The summed E-state index contributed by atoms with van der Waals surface area (Å²) in [6.07, 6.45) is 1.68. The topological polar surface area (TPSA) is 58.6 Å². The highest BCUT2D eigenvalue weighted by molar-refractivity contribution is 7.12. The van der Waals surface area contributed by atoms with Crippen LogP contribution in [-0.4, -0.2) is 36.9 Å². The maximum absolute atomic E-state index is 12.6. The number of carbonyl (C=O) groups is 2. The maximum Gasteiger partial charge on any atom is 0.263 e. The second-order valence-corrected chi connectivity index (χ2v) is 7.49. The number of piperidine rings is 1. The molecule has 1 aliphatic heterocycles. The van der Waals surface area contributed by atoms with E-state index in [-0.39, 0.29) is 17.7 Å². The predicted octanol–water partition coefficient (Wildman–Crippen LogP) is 3.06. The zero-order valence-corrected chi connectivity index (χ0v) is 15.8. The van der Waals surface area contributed by atoms with Gasteiger partial charge in [0.1, 0.15) is 0 Å². The molecule has 1 aliphatic rings. The zero-order chi connectivity index (χ0) is 18.4. The van der Waals surface area contributed by atoms with E-state index in [1.54, 1.807) is 12.0 Å². The lowest BCUT2D eigenvalue weighted by molar-refractivity contribution is -0.126. The fourth-order valence-corrected chi connectivity index (χ4v) is 3.95. The number of thiophene rings is 1. The van der Waals surface area contributed by atoms with Gasteiger partial charge in [0.25, 0.3) is 5.91 Å². The van der Waals surface area contributed by atoms with E-state index < -0.39 is 0 Å². The number of methoxy groups -OCH3 is 1. The van der Waals surface area contributed by atoms with Gasteiger partial charge in [0, 0.05) is 26.7 Å². The van der Waals surface area contributed by atoms with E-state index in [1.807, 2.05) is 41.8 Å². The van der Waals surface area contributed by atoms with Gasteiger partial charge in [-0.05, 0) is 35.4 Å². The summed E-state index contributed by atoms with van der Waals surface area (Å²) in [4.78, 5) is 27.6. The molecule has 5 nitrogen and oxygen atoms in total. The van der Waals surface area contributed by atoms with Crippen molar-refractivity contribution >= 4 is 23.2 Å². The SMILES string of the molecule is COCc1cccc(CNC(=O)C2CCCN(C(=O)c3cccs3)C2)c1. The maximum atomic E-state index is 12.6. The molecular weight excluding hydrogens is 348 g/mol. The molecule has 2 aromatic rings. The van der Waals surface area contributed by atoms with E-state index >= 15 is 0 Å². The number of likely N-dealkylation sites (tertiary alicyclic amines) is 1. The normalized spacial score (nSPS) is 17.1. The molecule has 0 aliphatic carbocycles. The second-order valence-electron chi connectivity index (χ2n) is 6.54. The van der Waals surface area contributed by atoms with Crippen molar-refractivity contribution in [3.05, 3.63) is 57.8 Å². The first-order valence-corrected chi connectivity index (χ1v) is 9.72. The Balaban J connectivity index is 1.54. The Kier molecular flexibility index (Phi) is 6.41. The van der Waals surface area contributed by atoms with Crippen molar-refractivity contribution in [1.29, 1.82) is 0 Å². The van der Waals surface area contributed by atoms with Gasteiger partial charge in [-0.3, -0.25) is 9.59 Å². The van der Waals surface area contributed by atoms with Crippen molar-refractivity contribution in [2.45, 2.75) is 26.0 Å². The van der Waals surface area contributed by atoms with Crippen LogP contribution in [0.1, 0.15) is 33.6 Å². The van der Waals surface area contributed by atoms with E-state index in [0.29, 0.717) is 19.7 Å². The molecule has 2 amide bonds. The first-order chi connectivity index (χ1) is 12.7. The monoisotopic (exact) mass is 372 g/mol. The summed E-state index contributed by atoms with van der Waals surface area (Å²) in [6.45, 7) is 2.27. The molecule has 1 unspecified atom stereocenters. The van der Waals surface area contributed by atoms with Crippen LogP contribution in [0.15, 0.2) is 41.8 Å². The third-order valence-corrected chi connectivity index (χ3v) is 5.44. The van der Waals surface area contributed by atoms with E-state index in [2.05, 4.69) is 5.32 Å². The molecule has 1 atom stereocenters. The van der Waals surface area contributed by atoms with Crippen LogP contribution in [-0.2, 0) is 22.7 Å². The smallest absolute Gasteiger partial charge is 0.263 e. The lowest BCUT2D eigenvalue weighted by Gasteiger charge is -2.31. The van der Waals surface area contributed by atoms with Gasteiger partial charge in [-0.2, -0.15) is 0 Å². The van der Waals surface area contributed by atoms with Crippen LogP contribution in [0.2, 0.25) is 0 Å². The third kappa shape index (κ3) is 4.71. The number of benzene rings is 1. The van der Waals surface area contributed by atoms with Crippen LogP contribution < -0.4 is 5.32 Å².